The normalized spacial score (nSPS) is 18.1. The molecule has 0 spiro atoms. The first-order valence-electron chi connectivity index (χ1n) is 7.32. The second-order valence-corrected chi connectivity index (χ2v) is 5.50. The number of hydrogen-bond acceptors (Lipinski definition) is 5. The van der Waals surface area contributed by atoms with Gasteiger partial charge in [-0.25, -0.2) is 4.98 Å². The Kier molecular flexibility index (Phi) is 3.83. The van der Waals surface area contributed by atoms with Gasteiger partial charge < -0.3 is 16.0 Å². The van der Waals surface area contributed by atoms with E-state index in [9.17, 15) is 14.4 Å². The molecule has 1 aromatic carbocycles. The van der Waals surface area contributed by atoms with Crippen molar-refractivity contribution >= 4 is 28.8 Å². The van der Waals surface area contributed by atoms with E-state index in [0.717, 1.165) is 11.1 Å². The van der Waals surface area contributed by atoms with Gasteiger partial charge in [-0.05, 0) is 25.0 Å². The van der Waals surface area contributed by atoms with Crippen molar-refractivity contribution in [2.45, 2.75) is 32.4 Å². The average Bonchev–Trinajstić information content (AvgIpc) is 2.90. The van der Waals surface area contributed by atoms with Crippen LogP contribution in [0.4, 0.5) is 0 Å². The zero-order valence-electron chi connectivity index (χ0n) is 12.6. The number of nitrogens with zero attached hydrogens (tertiary/aromatic N) is 1. The molecule has 1 aromatic heterocycles. The Morgan fingerprint density at radius 3 is 2.91 bits per heavy atom. The molecule has 8 nitrogen and oxygen atoms in total. The van der Waals surface area contributed by atoms with Gasteiger partial charge in [0.15, 0.2) is 0 Å². The number of aromatic amines is 1. The van der Waals surface area contributed by atoms with E-state index in [1.807, 2.05) is 0 Å². The van der Waals surface area contributed by atoms with Crippen LogP contribution in [0, 0.1) is 6.92 Å². The second kappa shape index (κ2) is 5.81. The Hall–Kier alpha value is -2.74. The van der Waals surface area contributed by atoms with Crippen LogP contribution < -0.4 is 16.4 Å². The Labute approximate surface area is 131 Å². The SMILES string of the molecule is Cc1nc2c(C(=O)NC3CCC(=O)NC3=O)ccc(CN)c2[nH]1. The number of piperidine rings is 1. The summed E-state index contributed by atoms with van der Waals surface area (Å²) in [5, 5.41) is 4.87. The molecule has 1 aliphatic heterocycles. The lowest BCUT2D eigenvalue weighted by Crippen LogP contribution is -2.52. The van der Waals surface area contributed by atoms with E-state index >= 15 is 0 Å². The third kappa shape index (κ3) is 2.80. The Morgan fingerprint density at radius 2 is 2.22 bits per heavy atom. The molecule has 0 saturated carbocycles. The molecule has 5 N–H and O–H groups in total. The van der Waals surface area contributed by atoms with E-state index in [1.165, 1.54) is 0 Å². The number of fused-ring (bicyclic) bond motifs is 1. The van der Waals surface area contributed by atoms with E-state index in [4.69, 9.17) is 5.73 Å². The number of carbonyl (C=O) groups excluding carboxylic acids is 3. The molecule has 0 radical (unpaired) electrons. The van der Waals surface area contributed by atoms with Gasteiger partial charge in [0, 0.05) is 13.0 Å². The highest BCUT2D eigenvalue weighted by Crippen LogP contribution is 2.21. The zero-order valence-corrected chi connectivity index (χ0v) is 12.6. The van der Waals surface area contributed by atoms with Gasteiger partial charge in [0.2, 0.25) is 11.8 Å². The lowest BCUT2D eigenvalue weighted by molar-refractivity contribution is -0.134. The molecule has 1 atom stereocenters. The van der Waals surface area contributed by atoms with Gasteiger partial charge in [0.25, 0.3) is 5.91 Å². The van der Waals surface area contributed by atoms with Gasteiger partial charge in [0.1, 0.15) is 17.4 Å². The van der Waals surface area contributed by atoms with Crippen LogP contribution >= 0.6 is 0 Å². The molecule has 1 saturated heterocycles. The van der Waals surface area contributed by atoms with Crippen LogP contribution in [-0.4, -0.2) is 33.7 Å². The molecular weight excluding hydrogens is 298 g/mol. The molecule has 23 heavy (non-hydrogen) atoms. The number of carbonyl (C=O) groups is 3. The summed E-state index contributed by atoms with van der Waals surface area (Å²) in [5.74, 6) is -0.531. The van der Waals surface area contributed by atoms with Gasteiger partial charge in [-0.2, -0.15) is 0 Å². The minimum absolute atomic E-state index is 0.208. The minimum Gasteiger partial charge on any atom is -0.342 e. The molecule has 8 heteroatoms. The van der Waals surface area contributed by atoms with Crippen LogP contribution in [0.25, 0.3) is 11.0 Å². The van der Waals surface area contributed by atoms with E-state index in [0.29, 0.717) is 29.9 Å². The topological polar surface area (TPSA) is 130 Å². The summed E-state index contributed by atoms with van der Waals surface area (Å²) in [7, 11) is 0. The van der Waals surface area contributed by atoms with Crippen molar-refractivity contribution in [2.75, 3.05) is 0 Å². The van der Waals surface area contributed by atoms with E-state index < -0.39 is 17.9 Å². The molecule has 2 heterocycles. The van der Waals surface area contributed by atoms with Gasteiger partial charge in [0.05, 0.1) is 11.1 Å². The van der Waals surface area contributed by atoms with Crippen LogP contribution in [0.1, 0.15) is 34.6 Å². The summed E-state index contributed by atoms with van der Waals surface area (Å²) in [4.78, 5) is 42.8. The first-order chi connectivity index (χ1) is 11.0. The quantitative estimate of drug-likeness (QED) is 0.586. The predicted molar refractivity (Wildman–Crippen MR) is 82.4 cm³/mol. The van der Waals surface area contributed by atoms with Crippen molar-refractivity contribution in [3.8, 4) is 0 Å². The molecule has 120 valence electrons. The summed E-state index contributed by atoms with van der Waals surface area (Å²) in [6, 6.07) is 2.69. The summed E-state index contributed by atoms with van der Waals surface area (Å²) in [6.07, 6.45) is 0.500. The number of hydrogen-bond donors (Lipinski definition) is 4. The van der Waals surface area contributed by atoms with E-state index in [2.05, 4.69) is 20.6 Å². The minimum atomic E-state index is -0.718. The first kappa shape index (κ1) is 15.2. The van der Waals surface area contributed by atoms with Gasteiger partial charge >= 0.3 is 0 Å². The number of nitrogens with one attached hydrogen (secondary N) is 3. The van der Waals surface area contributed by atoms with Crippen molar-refractivity contribution < 1.29 is 14.4 Å². The second-order valence-electron chi connectivity index (χ2n) is 5.50. The van der Waals surface area contributed by atoms with Crippen LogP contribution in [0.15, 0.2) is 12.1 Å². The highest BCUT2D eigenvalue weighted by atomic mass is 16.2. The number of benzene rings is 1. The van der Waals surface area contributed by atoms with Crippen molar-refractivity contribution in [3.63, 3.8) is 0 Å². The highest BCUT2D eigenvalue weighted by Gasteiger charge is 2.28. The molecule has 1 aliphatic rings. The maximum Gasteiger partial charge on any atom is 0.254 e. The molecule has 3 rings (SSSR count). The monoisotopic (exact) mass is 315 g/mol. The Bertz CT molecular complexity index is 811. The zero-order chi connectivity index (χ0) is 16.6. The van der Waals surface area contributed by atoms with Crippen molar-refractivity contribution in [1.29, 1.82) is 0 Å². The maximum absolute atomic E-state index is 12.5. The molecule has 0 aliphatic carbocycles. The first-order valence-corrected chi connectivity index (χ1v) is 7.32. The number of aryl methyl sites for hydroxylation is 1. The van der Waals surface area contributed by atoms with Gasteiger partial charge in [-0.3, -0.25) is 19.7 Å². The third-order valence-corrected chi connectivity index (χ3v) is 3.86. The van der Waals surface area contributed by atoms with Crippen LogP contribution in [0.3, 0.4) is 0 Å². The molecular formula is C15H17N5O3. The largest absolute Gasteiger partial charge is 0.342 e. The Balaban J connectivity index is 1.89. The van der Waals surface area contributed by atoms with Gasteiger partial charge in [-0.1, -0.05) is 6.07 Å². The van der Waals surface area contributed by atoms with Crippen LogP contribution in [-0.2, 0) is 16.1 Å². The average molecular weight is 315 g/mol. The summed E-state index contributed by atoms with van der Waals surface area (Å²) in [5.41, 5.74) is 8.17. The van der Waals surface area contributed by atoms with Crippen molar-refractivity contribution in [2.24, 2.45) is 5.73 Å². The van der Waals surface area contributed by atoms with E-state index in [-0.39, 0.29) is 12.3 Å². The third-order valence-electron chi connectivity index (χ3n) is 3.86. The molecule has 2 aromatic rings. The lowest BCUT2D eigenvalue weighted by atomic mass is 10.0. The fraction of sp³-hybridized carbons (Fsp3) is 0.333. The lowest BCUT2D eigenvalue weighted by Gasteiger charge is -2.21. The van der Waals surface area contributed by atoms with Gasteiger partial charge in [-0.15, -0.1) is 0 Å². The van der Waals surface area contributed by atoms with Crippen molar-refractivity contribution in [1.82, 2.24) is 20.6 Å². The predicted octanol–water partition coefficient (Wildman–Crippen LogP) is -0.135. The number of H-pyrrole nitrogens is 1. The smallest absolute Gasteiger partial charge is 0.254 e. The molecule has 1 fully saturated rings. The summed E-state index contributed by atoms with van der Waals surface area (Å²) >= 11 is 0. The highest BCUT2D eigenvalue weighted by molar-refractivity contribution is 6.08. The fourth-order valence-electron chi connectivity index (χ4n) is 2.69. The number of amides is 3. The van der Waals surface area contributed by atoms with Crippen LogP contribution in [0.2, 0.25) is 0 Å². The Morgan fingerprint density at radius 1 is 1.43 bits per heavy atom. The fourth-order valence-corrected chi connectivity index (χ4v) is 2.69. The van der Waals surface area contributed by atoms with E-state index in [1.54, 1.807) is 19.1 Å². The maximum atomic E-state index is 12.5. The number of imide groups is 1. The number of nitrogens with two attached hydrogens (primary N) is 1. The molecule has 0 bridgehead atoms. The van der Waals surface area contributed by atoms with Crippen LogP contribution in [0.5, 0.6) is 0 Å². The molecule has 1 unspecified atom stereocenters. The summed E-state index contributed by atoms with van der Waals surface area (Å²) in [6.45, 7) is 2.12. The number of imidazole rings is 1. The molecule has 3 amide bonds. The number of rotatable bonds is 3. The van der Waals surface area contributed by atoms with Crippen molar-refractivity contribution in [3.05, 3.63) is 29.1 Å². The summed E-state index contributed by atoms with van der Waals surface area (Å²) < 4.78 is 0. The standard InChI is InChI=1S/C15H17N5O3/c1-7-17-12-8(6-16)2-3-9(13(12)18-7)14(22)19-10-4-5-11(21)20-15(10)23/h2-3,10H,4-6,16H2,1H3,(H,17,18)(H,19,22)(H,20,21,23). The number of aromatic nitrogens is 2.